The third kappa shape index (κ3) is 3.47. The van der Waals surface area contributed by atoms with E-state index in [4.69, 9.17) is 0 Å². The molecule has 0 fully saturated rings. The Morgan fingerprint density at radius 3 is 2.55 bits per heavy atom. The molecule has 2 rings (SSSR count). The summed E-state index contributed by atoms with van der Waals surface area (Å²) in [5, 5.41) is 3.45. The van der Waals surface area contributed by atoms with Crippen molar-refractivity contribution in [3.05, 3.63) is 69.4 Å². The van der Waals surface area contributed by atoms with Crippen LogP contribution in [0.15, 0.2) is 46.9 Å². The van der Waals surface area contributed by atoms with Gasteiger partial charge < -0.3 is 5.32 Å². The maximum Gasteiger partial charge on any atom is 0.129 e. The van der Waals surface area contributed by atoms with Gasteiger partial charge in [0.15, 0.2) is 0 Å². The molecule has 2 aromatic carbocycles. The van der Waals surface area contributed by atoms with Crippen LogP contribution in [0.2, 0.25) is 0 Å². The van der Waals surface area contributed by atoms with E-state index in [-0.39, 0.29) is 11.9 Å². The fourth-order valence-corrected chi connectivity index (χ4v) is 2.66. The van der Waals surface area contributed by atoms with E-state index in [1.165, 1.54) is 11.6 Å². The Balaban J connectivity index is 2.44. The molecule has 0 heterocycles. The van der Waals surface area contributed by atoms with E-state index in [2.05, 4.69) is 47.2 Å². The van der Waals surface area contributed by atoms with Crippen LogP contribution in [0.25, 0.3) is 0 Å². The van der Waals surface area contributed by atoms with Gasteiger partial charge in [0.2, 0.25) is 0 Å². The molecule has 0 aliphatic carbocycles. The van der Waals surface area contributed by atoms with Gasteiger partial charge in [0.05, 0.1) is 6.04 Å². The van der Waals surface area contributed by atoms with E-state index in [0.29, 0.717) is 5.56 Å². The minimum Gasteiger partial charge on any atom is -0.306 e. The Kier molecular flexibility index (Phi) is 5.32. The Hall–Kier alpha value is -1.19. The third-order valence-electron chi connectivity index (χ3n) is 3.37. The first-order valence-electron chi connectivity index (χ1n) is 6.87. The zero-order valence-electron chi connectivity index (χ0n) is 11.8. The summed E-state index contributed by atoms with van der Waals surface area (Å²) in [5.74, 6) is -0.184. The van der Waals surface area contributed by atoms with Crippen molar-refractivity contribution in [1.29, 1.82) is 0 Å². The average molecular weight is 336 g/mol. The van der Waals surface area contributed by atoms with Crippen LogP contribution in [-0.4, -0.2) is 6.54 Å². The highest BCUT2D eigenvalue weighted by Gasteiger charge is 2.18. The van der Waals surface area contributed by atoms with Gasteiger partial charge in [-0.1, -0.05) is 53.2 Å². The summed E-state index contributed by atoms with van der Waals surface area (Å²) in [6, 6.07) is 13.3. The second kappa shape index (κ2) is 7.00. The molecule has 0 bridgehead atoms. The summed E-state index contributed by atoms with van der Waals surface area (Å²) in [6.45, 7) is 5.03. The minimum absolute atomic E-state index is 0.107. The highest BCUT2D eigenvalue weighted by atomic mass is 79.9. The monoisotopic (exact) mass is 335 g/mol. The molecule has 0 saturated carbocycles. The molecule has 0 radical (unpaired) electrons. The van der Waals surface area contributed by atoms with Crippen molar-refractivity contribution >= 4 is 15.9 Å². The van der Waals surface area contributed by atoms with Crippen molar-refractivity contribution in [2.24, 2.45) is 0 Å². The number of hydrogen-bond donors (Lipinski definition) is 1. The van der Waals surface area contributed by atoms with Gasteiger partial charge in [-0.2, -0.15) is 0 Å². The molecule has 1 N–H and O–H groups in total. The van der Waals surface area contributed by atoms with Gasteiger partial charge in [-0.25, -0.2) is 4.39 Å². The molecule has 0 aromatic heterocycles. The summed E-state index contributed by atoms with van der Waals surface area (Å²) < 4.78 is 15.0. The Morgan fingerprint density at radius 1 is 1.15 bits per heavy atom. The second-order valence-corrected chi connectivity index (χ2v) is 5.83. The number of hydrogen-bond acceptors (Lipinski definition) is 1. The molecule has 3 heteroatoms. The van der Waals surface area contributed by atoms with Crippen molar-refractivity contribution < 1.29 is 4.39 Å². The van der Waals surface area contributed by atoms with Crippen molar-refractivity contribution in [2.45, 2.75) is 26.3 Å². The quantitative estimate of drug-likeness (QED) is 0.811. The standard InChI is InChI=1S/C17H19BrFN/c1-3-10-20-17(14-7-5-4-6-12(14)2)15-9-8-13(18)11-16(15)19/h4-9,11,17,20H,3,10H2,1-2H3. The Morgan fingerprint density at radius 2 is 1.90 bits per heavy atom. The lowest BCUT2D eigenvalue weighted by Crippen LogP contribution is -2.24. The molecule has 1 atom stereocenters. The Labute approximate surface area is 128 Å². The lowest BCUT2D eigenvalue weighted by Gasteiger charge is -2.22. The van der Waals surface area contributed by atoms with Crippen LogP contribution >= 0.6 is 15.9 Å². The molecular weight excluding hydrogens is 317 g/mol. The molecule has 1 nitrogen and oxygen atoms in total. The van der Waals surface area contributed by atoms with E-state index in [1.807, 2.05) is 24.3 Å². The molecule has 0 aliphatic rings. The lowest BCUT2D eigenvalue weighted by atomic mass is 9.94. The molecular formula is C17H19BrFN. The number of rotatable bonds is 5. The smallest absolute Gasteiger partial charge is 0.129 e. The van der Waals surface area contributed by atoms with E-state index in [0.717, 1.165) is 23.0 Å². The van der Waals surface area contributed by atoms with Crippen molar-refractivity contribution in [3.8, 4) is 0 Å². The minimum atomic E-state index is -0.184. The second-order valence-electron chi connectivity index (χ2n) is 4.91. The summed E-state index contributed by atoms with van der Waals surface area (Å²) in [6.07, 6.45) is 1.01. The van der Waals surface area contributed by atoms with Crippen LogP contribution in [0, 0.1) is 12.7 Å². The van der Waals surface area contributed by atoms with Crippen molar-refractivity contribution in [2.75, 3.05) is 6.54 Å². The summed E-state index contributed by atoms with van der Waals surface area (Å²) >= 11 is 3.31. The highest BCUT2D eigenvalue weighted by molar-refractivity contribution is 9.10. The number of aryl methyl sites for hydroxylation is 1. The predicted octanol–water partition coefficient (Wildman–Crippen LogP) is 4.99. The molecule has 0 saturated heterocycles. The first kappa shape index (κ1) is 15.2. The zero-order valence-corrected chi connectivity index (χ0v) is 13.4. The van der Waals surface area contributed by atoms with Crippen LogP contribution in [0.5, 0.6) is 0 Å². The topological polar surface area (TPSA) is 12.0 Å². The average Bonchev–Trinajstić information content (AvgIpc) is 2.42. The predicted molar refractivity (Wildman–Crippen MR) is 85.4 cm³/mol. The van der Waals surface area contributed by atoms with Crippen LogP contribution in [0.1, 0.15) is 36.1 Å². The first-order chi connectivity index (χ1) is 9.63. The van der Waals surface area contributed by atoms with Crippen molar-refractivity contribution in [3.63, 3.8) is 0 Å². The number of nitrogens with one attached hydrogen (secondary N) is 1. The van der Waals surface area contributed by atoms with Gasteiger partial charge in [-0.3, -0.25) is 0 Å². The van der Waals surface area contributed by atoms with Gasteiger partial charge in [0, 0.05) is 10.0 Å². The highest BCUT2D eigenvalue weighted by Crippen LogP contribution is 2.28. The van der Waals surface area contributed by atoms with Gasteiger partial charge in [0.1, 0.15) is 5.82 Å². The number of benzene rings is 2. The zero-order chi connectivity index (χ0) is 14.5. The van der Waals surface area contributed by atoms with Crippen molar-refractivity contribution in [1.82, 2.24) is 5.32 Å². The molecule has 2 aromatic rings. The molecule has 0 spiro atoms. The fraction of sp³-hybridized carbons (Fsp3) is 0.294. The van der Waals surface area contributed by atoms with Crippen LogP contribution in [0.4, 0.5) is 4.39 Å². The van der Waals surface area contributed by atoms with E-state index in [9.17, 15) is 4.39 Å². The van der Waals surface area contributed by atoms with Crippen LogP contribution in [-0.2, 0) is 0 Å². The normalized spacial score (nSPS) is 12.4. The van der Waals surface area contributed by atoms with Crippen LogP contribution in [0.3, 0.4) is 0 Å². The van der Waals surface area contributed by atoms with Gasteiger partial charge in [-0.15, -0.1) is 0 Å². The molecule has 20 heavy (non-hydrogen) atoms. The maximum absolute atomic E-state index is 14.3. The van der Waals surface area contributed by atoms with Crippen LogP contribution < -0.4 is 5.32 Å². The SMILES string of the molecule is CCCNC(c1ccccc1C)c1ccc(Br)cc1F. The third-order valence-corrected chi connectivity index (χ3v) is 3.86. The first-order valence-corrected chi connectivity index (χ1v) is 7.66. The maximum atomic E-state index is 14.3. The fourth-order valence-electron chi connectivity index (χ4n) is 2.32. The van der Waals surface area contributed by atoms with E-state index < -0.39 is 0 Å². The summed E-state index contributed by atoms with van der Waals surface area (Å²) in [7, 11) is 0. The van der Waals surface area contributed by atoms with E-state index >= 15 is 0 Å². The summed E-state index contributed by atoms with van der Waals surface area (Å²) in [5.41, 5.74) is 2.99. The van der Waals surface area contributed by atoms with E-state index in [1.54, 1.807) is 0 Å². The molecule has 0 amide bonds. The summed E-state index contributed by atoms with van der Waals surface area (Å²) in [4.78, 5) is 0. The Bertz CT molecular complexity index is 583. The van der Waals surface area contributed by atoms with Gasteiger partial charge in [-0.05, 0) is 43.1 Å². The largest absolute Gasteiger partial charge is 0.306 e. The van der Waals surface area contributed by atoms with Gasteiger partial charge >= 0.3 is 0 Å². The molecule has 0 aliphatic heterocycles. The van der Waals surface area contributed by atoms with Gasteiger partial charge in [0.25, 0.3) is 0 Å². The number of halogens is 2. The molecule has 1 unspecified atom stereocenters. The lowest BCUT2D eigenvalue weighted by molar-refractivity contribution is 0.545. The molecule has 106 valence electrons.